The fraction of sp³-hybridized carbons (Fsp3) is 0. The number of anilines is 2. The Bertz CT molecular complexity index is 1050. The first kappa shape index (κ1) is 14.7. The van der Waals surface area contributed by atoms with Crippen LogP contribution in [0.15, 0.2) is 67.1 Å². The molecule has 0 saturated heterocycles. The highest BCUT2D eigenvalue weighted by Gasteiger charge is 2.05. The van der Waals surface area contributed by atoms with Gasteiger partial charge in [-0.1, -0.05) is 12.1 Å². The van der Waals surface area contributed by atoms with E-state index in [-0.39, 0.29) is 0 Å². The number of aromatic amines is 1. The second kappa shape index (κ2) is 6.34. The summed E-state index contributed by atoms with van der Waals surface area (Å²) in [5.41, 5.74) is 2.28. The van der Waals surface area contributed by atoms with Crippen LogP contribution in [0.5, 0.6) is 11.5 Å². The molecule has 0 atom stereocenters. The Kier molecular flexibility index (Phi) is 3.73. The molecule has 0 aliphatic carbocycles. The summed E-state index contributed by atoms with van der Waals surface area (Å²) in [6.07, 6.45) is 3.35. The summed E-state index contributed by atoms with van der Waals surface area (Å²) in [4.78, 5) is 14.9. The van der Waals surface area contributed by atoms with Gasteiger partial charge in [-0.2, -0.15) is 0 Å². The van der Waals surface area contributed by atoms with Crippen molar-refractivity contribution >= 4 is 28.2 Å². The van der Waals surface area contributed by atoms with Crippen molar-refractivity contribution in [2.24, 2.45) is 0 Å². The van der Waals surface area contributed by atoms with Crippen LogP contribution in [0.3, 0.4) is 0 Å². The zero-order valence-electron chi connectivity index (χ0n) is 13.1. The number of hydrogen-bond acceptors (Lipinski definition) is 4. The van der Waals surface area contributed by atoms with Crippen molar-refractivity contribution in [2.75, 3.05) is 5.32 Å². The summed E-state index contributed by atoms with van der Waals surface area (Å²) in [6, 6.07) is 16.5. The number of nitrogens with zero attached hydrogens (tertiary/aromatic N) is 3. The minimum Gasteiger partial charge on any atom is -0.457 e. The van der Waals surface area contributed by atoms with Crippen LogP contribution >= 0.6 is 0 Å². The number of nitrogens with one attached hydrogen (secondary N) is 2. The maximum absolute atomic E-state index is 6.96. The van der Waals surface area contributed by atoms with Gasteiger partial charge in [0.15, 0.2) is 5.69 Å². The molecule has 25 heavy (non-hydrogen) atoms. The van der Waals surface area contributed by atoms with Gasteiger partial charge in [0.2, 0.25) is 0 Å². The Morgan fingerprint density at radius 3 is 2.36 bits per heavy atom. The van der Waals surface area contributed by atoms with E-state index in [9.17, 15) is 0 Å². The number of hydrogen-bond donors (Lipinski definition) is 2. The molecule has 0 amide bonds. The molecule has 2 aromatic heterocycles. The van der Waals surface area contributed by atoms with Crippen molar-refractivity contribution < 1.29 is 4.74 Å². The molecule has 2 aromatic carbocycles. The van der Waals surface area contributed by atoms with E-state index in [2.05, 4.69) is 25.1 Å². The van der Waals surface area contributed by atoms with E-state index in [1.165, 1.54) is 6.33 Å². The van der Waals surface area contributed by atoms with Gasteiger partial charge in [0, 0.05) is 11.9 Å². The van der Waals surface area contributed by atoms with Crippen molar-refractivity contribution in [3.05, 3.63) is 78.5 Å². The van der Waals surface area contributed by atoms with E-state index in [0.29, 0.717) is 11.4 Å². The fourth-order valence-electron chi connectivity index (χ4n) is 2.44. The lowest BCUT2D eigenvalue weighted by Gasteiger charge is -2.09. The van der Waals surface area contributed by atoms with E-state index < -0.39 is 0 Å². The maximum atomic E-state index is 6.96. The zero-order chi connectivity index (χ0) is 17.1. The largest absolute Gasteiger partial charge is 0.457 e. The monoisotopic (exact) mass is 327 g/mol. The topological polar surface area (TPSA) is 67.2 Å². The predicted octanol–water partition coefficient (Wildman–Crippen LogP) is 5.04. The van der Waals surface area contributed by atoms with Gasteiger partial charge in [-0.3, -0.25) is 0 Å². The molecule has 2 N–H and O–H groups in total. The van der Waals surface area contributed by atoms with Gasteiger partial charge in [0.05, 0.1) is 12.0 Å². The number of fused-ring (bicyclic) bond motifs is 1. The quantitative estimate of drug-likeness (QED) is 0.515. The number of rotatable bonds is 4. The summed E-state index contributed by atoms with van der Waals surface area (Å²) >= 11 is 0. The number of ether oxygens (including phenoxy) is 1. The summed E-state index contributed by atoms with van der Waals surface area (Å²) in [5, 5.41) is 4.21. The molecule has 0 saturated carbocycles. The van der Waals surface area contributed by atoms with Crippen LogP contribution in [0, 0.1) is 6.57 Å². The number of H-pyrrole nitrogens is 1. The molecule has 4 aromatic rings. The van der Waals surface area contributed by atoms with Crippen LogP contribution in [0.1, 0.15) is 0 Å². The standard InChI is InChI=1S/C19H13N5O/c1-20-13-2-6-15(7-3-13)25-16-8-4-14(5-9-16)24-19-17-10-11-21-18(17)22-12-23-19/h2-12H,(H2,21,22,23,24). The molecular formula is C19H13N5O. The highest BCUT2D eigenvalue weighted by molar-refractivity contribution is 5.88. The van der Waals surface area contributed by atoms with Crippen molar-refractivity contribution in [3.63, 3.8) is 0 Å². The predicted molar refractivity (Wildman–Crippen MR) is 96.4 cm³/mol. The Morgan fingerprint density at radius 2 is 1.64 bits per heavy atom. The molecule has 0 spiro atoms. The fourth-order valence-corrected chi connectivity index (χ4v) is 2.44. The van der Waals surface area contributed by atoms with Gasteiger partial charge in [-0.25, -0.2) is 14.8 Å². The molecule has 120 valence electrons. The normalized spacial score (nSPS) is 10.4. The second-order valence-corrected chi connectivity index (χ2v) is 5.32. The molecule has 6 heteroatoms. The third-order valence-electron chi connectivity index (χ3n) is 3.67. The van der Waals surface area contributed by atoms with Crippen LogP contribution in [-0.4, -0.2) is 15.0 Å². The molecule has 0 radical (unpaired) electrons. The van der Waals surface area contributed by atoms with Gasteiger partial charge in [-0.05, 0) is 42.5 Å². The van der Waals surface area contributed by atoms with Gasteiger partial charge >= 0.3 is 0 Å². The van der Waals surface area contributed by atoms with Crippen molar-refractivity contribution in [1.82, 2.24) is 15.0 Å². The van der Waals surface area contributed by atoms with Crippen LogP contribution in [0.4, 0.5) is 17.2 Å². The minimum absolute atomic E-state index is 0.591. The lowest BCUT2D eigenvalue weighted by atomic mass is 10.2. The Hall–Kier alpha value is -3.85. The molecule has 2 heterocycles. The van der Waals surface area contributed by atoms with Crippen LogP contribution in [0.25, 0.3) is 15.9 Å². The highest BCUT2D eigenvalue weighted by Crippen LogP contribution is 2.27. The van der Waals surface area contributed by atoms with Crippen molar-refractivity contribution in [2.45, 2.75) is 0 Å². The smallest absolute Gasteiger partial charge is 0.187 e. The first-order valence-corrected chi connectivity index (χ1v) is 7.62. The van der Waals surface area contributed by atoms with E-state index in [0.717, 1.165) is 28.3 Å². The Morgan fingerprint density at radius 1 is 0.920 bits per heavy atom. The summed E-state index contributed by atoms with van der Waals surface area (Å²) in [5.74, 6) is 2.16. The molecule has 0 bridgehead atoms. The van der Waals surface area contributed by atoms with Gasteiger partial charge in [-0.15, -0.1) is 0 Å². The average molecular weight is 327 g/mol. The Labute approximate surface area is 144 Å². The third kappa shape index (κ3) is 3.12. The summed E-state index contributed by atoms with van der Waals surface area (Å²) in [6.45, 7) is 6.96. The molecule has 0 fully saturated rings. The first-order chi connectivity index (χ1) is 12.3. The molecule has 6 nitrogen and oxygen atoms in total. The van der Waals surface area contributed by atoms with E-state index in [1.807, 2.05) is 36.5 Å². The second-order valence-electron chi connectivity index (χ2n) is 5.32. The van der Waals surface area contributed by atoms with Crippen LogP contribution in [-0.2, 0) is 0 Å². The molecule has 0 unspecified atom stereocenters. The van der Waals surface area contributed by atoms with Crippen molar-refractivity contribution in [1.29, 1.82) is 0 Å². The zero-order valence-corrected chi connectivity index (χ0v) is 13.1. The summed E-state index contributed by atoms with van der Waals surface area (Å²) in [7, 11) is 0. The number of benzene rings is 2. The molecule has 0 aliphatic heterocycles. The Balaban J connectivity index is 1.50. The molecule has 4 rings (SSSR count). The third-order valence-corrected chi connectivity index (χ3v) is 3.67. The summed E-state index contributed by atoms with van der Waals surface area (Å²) < 4.78 is 5.78. The number of aromatic nitrogens is 3. The maximum Gasteiger partial charge on any atom is 0.187 e. The van der Waals surface area contributed by atoms with E-state index in [1.54, 1.807) is 24.3 Å². The van der Waals surface area contributed by atoms with E-state index in [4.69, 9.17) is 11.3 Å². The van der Waals surface area contributed by atoms with E-state index >= 15 is 0 Å². The van der Waals surface area contributed by atoms with Gasteiger partial charge in [0.25, 0.3) is 0 Å². The SMILES string of the molecule is [C-]#[N+]c1ccc(Oc2ccc(Nc3ncnc4[nH]ccc34)cc2)cc1. The minimum atomic E-state index is 0.591. The van der Waals surface area contributed by atoms with Crippen LogP contribution < -0.4 is 10.1 Å². The highest BCUT2D eigenvalue weighted by atomic mass is 16.5. The molecular weight excluding hydrogens is 314 g/mol. The van der Waals surface area contributed by atoms with Gasteiger partial charge < -0.3 is 15.0 Å². The average Bonchev–Trinajstić information content (AvgIpc) is 3.14. The first-order valence-electron chi connectivity index (χ1n) is 7.62. The lowest BCUT2D eigenvalue weighted by molar-refractivity contribution is 0.483. The molecule has 0 aliphatic rings. The lowest BCUT2D eigenvalue weighted by Crippen LogP contribution is -1.95. The van der Waals surface area contributed by atoms with Gasteiger partial charge in [0.1, 0.15) is 29.3 Å². The van der Waals surface area contributed by atoms with Crippen LogP contribution in [0.2, 0.25) is 0 Å². The van der Waals surface area contributed by atoms with Crippen molar-refractivity contribution in [3.8, 4) is 11.5 Å².